The van der Waals surface area contributed by atoms with Crippen LogP contribution in [0.25, 0.3) is 0 Å². The molecule has 4 heteroatoms. The van der Waals surface area contributed by atoms with Gasteiger partial charge in [0.2, 0.25) is 0 Å². The van der Waals surface area contributed by atoms with E-state index in [0.29, 0.717) is 10.6 Å². The number of nitrogens with two attached hydrogens (primary N) is 1. The predicted molar refractivity (Wildman–Crippen MR) is 55.5 cm³/mol. The molecule has 0 bridgehead atoms. The highest BCUT2D eigenvalue weighted by Gasteiger charge is 2.16. The Morgan fingerprint density at radius 2 is 2.29 bits per heavy atom. The molecule has 0 amide bonds. The average molecular weight is 212 g/mol. The summed E-state index contributed by atoms with van der Waals surface area (Å²) in [5, 5.41) is 9.23. The maximum absolute atomic E-state index is 10.8. The van der Waals surface area contributed by atoms with Crippen molar-refractivity contribution < 1.29 is 9.90 Å². The molecule has 1 aromatic carbocycles. The molecule has 1 rings (SSSR count). The molecule has 0 saturated carbocycles. The van der Waals surface area contributed by atoms with Gasteiger partial charge in [-0.2, -0.15) is 0 Å². The standard InChI is InChI=1S/C10H10ClNO2/c1-2-8(12)9-6(10(13)14)4-3-5-7(9)11/h2-5,8H,1,12H2,(H,13,14)/t8-/m1/s1. The van der Waals surface area contributed by atoms with Crippen molar-refractivity contribution in [1.29, 1.82) is 0 Å². The van der Waals surface area contributed by atoms with E-state index < -0.39 is 12.0 Å². The molecule has 0 radical (unpaired) electrons. The summed E-state index contributed by atoms with van der Waals surface area (Å²) < 4.78 is 0. The summed E-state index contributed by atoms with van der Waals surface area (Å²) in [6, 6.07) is 4.08. The number of carboxylic acid groups (broad SMARTS) is 1. The number of hydrogen-bond donors (Lipinski definition) is 2. The molecule has 1 atom stereocenters. The number of aromatic carboxylic acids is 1. The first kappa shape index (κ1) is 10.8. The fourth-order valence-electron chi connectivity index (χ4n) is 1.18. The van der Waals surface area contributed by atoms with Crippen LogP contribution in [-0.4, -0.2) is 11.1 Å². The van der Waals surface area contributed by atoms with Gasteiger partial charge in [-0.25, -0.2) is 4.79 Å². The van der Waals surface area contributed by atoms with E-state index in [9.17, 15) is 4.79 Å². The zero-order valence-electron chi connectivity index (χ0n) is 7.40. The highest BCUT2D eigenvalue weighted by atomic mass is 35.5. The summed E-state index contributed by atoms with van der Waals surface area (Å²) in [6.45, 7) is 3.50. The minimum atomic E-state index is -1.04. The summed E-state index contributed by atoms with van der Waals surface area (Å²) in [5.74, 6) is -1.04. The van der Waals surface area contributed by atoms with Crippen molar-refractivity contribution in [3.8, 4) is 0 Å². The summed E-state index contributed by atoms with van der Waals surface area (Å²) >= 11 is 5.86. The van der Waals surface area contributed by atoms with Gasteiger partial charge in [-0.3, -0.25) is 0 Å². The average Bonchev–Trinajstić information content (AvgIpc) is 2.16. The molecule has 14 heavy (non-hydrogen) atoms. The van der Waals surface area contributed by atoms with Gasteiger partial charge < -0.3 is 10.8 Å². The van der Waals surface area contributed by atoms with Gasteiger partial charge in [0.15, 0.2) is 0 Å². The van der Waals surface area contributed by atoms with Gasteiger partial charge in [-0.15, -0.1) is 6.58 Å². The third-order valence-electron chi connectivity index (χ3n) is 1.87. The zero-order chi connectivity index (χ0) is 10.7. The van der Waals surface area contributed by atoms with Crippen molar-refractivity contribution in [1.82, 2.24) is 0 Å². The lowest BCUT2D eigenvalue weighted by molar-refractivity contribution is 0.0695. The Morgan fingerprint density at radius 1 is 1.64 bits per heavy atom. The molecule has 1 aromatic rings. The van der Waals surface area contributed by atoms with E-state index in [4.69, 9.17) is 22.4 Å². The number of carbonyl (C=O) groups is 1. The van der Waals surface area contributed by atoms with E-state index in [1.54, 1.807) is 12.1 Å². The molecular weight excluding hydrogens is 202 g/mol. The Morgan fingerprint density at radius 3 is 2.79 bits per heavy atom. The molecule has 0 spiro atoms. The van der Waals surface area contributed by atoms with Crippen LogP contribution in [0, 0.1) is 0 Å². The Kier molecular flexibility index (Phi) is 3.28. The van der Waals surface area contributed by atoms with Crippen molar-refractivity contribution in [2.75, 3.05) is 0 Å². The maximum Gasteiger partial charge on any atom is 0.336 e. The summed E-state index contributed by atoms with van der Waals surface area (Å²) in [7, 11) is 0. The molecule has 0 fully saturated rings. The van der Waals surface area contributed by atoms with Gasteiger partial charge in [0.05, 0.1) is 11.6 Å². The third kappa shape index (κ3) is 1.95. The van der Waals surface area contributed by atoms with E-state index in [1.807, 2.05) is 0 Å². The number of benzene rings is 1. The SMILES string of the molecule is C=C[C@@H](N)c1c(Cl)cccc1C(=O)O. The molecule has 0 aliphatic rings. The van der Waals surface area contributed by atoms with Gasteiger partial charge in [0, 0.05) is 10.6 Å². The first-order valence-corrected chi connectivity index (χ1v) is 4.35. The van der Waals surface area contributed by atoms with Crippen LogP contribution in [0.4, 0.5) is 0 Å². The Hall–Kier alpha value is -1.32. The molecule has 0 aliphatic carbocycles. The van der Waals surface area contributed by atoms with Crippen LogP contribution in [0.5, 0.6) is 0 Å². The summed E-state index contributed by atoms with van der Waals surface area (Å²) in [4.78, 5) is 10.8. The molecule has 0 heterocycles. The minimum absolute atomic E-state index is 0.116. The molecule has 3 N–H and O–H groups in total. The largest absolute Gasteiger partial charge is 0.478 e. The molecule has 0 aliphatic heterocycles. The second-order valence-electron chi connectivity index (χ2n) is 2.77. The molecule has 74 valence electrons. The number of carboxylic acids is 1. The van der Waals surface area contributed by atoms with E-state index in [-0.39, 0.29) is 5.56 Å². The lowest BCUT2D eigenvalue weighted by atomic mass is 10.0. The van der Waals surface area contributed by atoms with Gasteiger partial charge in [0.1, 0.15) is 0 Å². The van der Waals surface area contributed by atoms with Crippen molar-refractivity contribution >= 4 is 17.6 Å². The Labute approximate surface area is 86.8 Å². The molecule has 3 nitrogen and oxygen atoms in total. The number of rotatable bonds is 3. The van der Waals surface area contributed by atoms with E-state index in [1.165, 1.54) is 12.1 Å². The van der Waals surface area contributed by atoms with Gasteiger partial charge in [0.25, 0.3) is 0 Å². The van der Waals surface area contributed by atoms with E-state index >= 15 is 0 Å². The van der Waals surface area contributed by atoms with Crippen molar-refractivity contribution in [3.05, 3.63) is 47.0 Å². The van der Waals surface area contributed by atoms with Crippen LogP contribution < -0.4 is 5.73 Å². The van der Waals surface area contributed by atoms with Crippen LogP contribution in [0.2, 0.25) is 5.02 Å². The van der Waals surface area contributed by atoms with Gasteiger partial charge in [-0.1, -0.05) is 23.7 Å². The highest BCUT2D eigenvalue weighted by molar-refractivity contribution is 6.31. The zero-order valence-corrected chi connectivity index (χ0v) is 8.16. The monoisotopic (exact) mass is 211 g/mol. The van der Waals surface area contributed by atoms with Crippen LogP contribution in [0.15, 0.2) is 30.9 Å². The van der Waals surface area contributed by atoms with E-state index in [2.05, 4.69) is 6.58 Å². The molecular formula is C10H10ClNO2. The normalized spacial score (nSPS) is 12.1. The summed E-state index contributed by atoms with van der Waals surface area (Å²) in [5.41, 5.74) is 6.18. The first-order chi connectivity index (χ1) is 6.57. The minimum Gasteiger partial charge on any atom is -0.478 e. The van der Waals surface area contributed by atoms with Crippen LogP contribution >= 0.6 is 11.6 Å². The summed E-state index contributed by atoms with van der Waals surface area (Å²) in [6.07, 6.45) is 1.45. The smallest absolute Gasteiger partial charge is 0.336 e. The highest BCUT2D eigenvalue weighted by Crippen LogP contribution is 2.25. The van der Waals surface area contributed by atoms with Crippen LogP contribution in [-0.2, 0) is 0 Å². The lowest BCUT2D eigenvalue weighted by Gasteiger charge is -2.11. The second-order valence-corrected chi connectivity index (χ2v) is 3.17. The quantitative estimate of drug-likeness (QED) is 0.754. The molecule has 0 aromatic heterocycles. The third-order valence-corrected chi connectivity index (χ3v) is 2.20. The topological polar surface area (TPSA) is 63.3 Å². The fraction of sp³-hybridized carbons (Fsp3) is 0.100. The first-order valence-electron chi connectivity index (χ1n) is 3.97. The molecule has 0 unspecified atom stereocenters. The number of halogens is 1. The Bertz CT molecular complexity index is 376. The second kappa shape index (κ2) is 4.26. The predicted octanol–water partition coefficient (Wildman–Crippen LogP) is 2.22. The van der Waals surface area contributed by atoms with Crippen LogP contribution in [0.3, 0.4) is 0 Å². The van der Waals surface area contributed by atoms with Gasteiger partial charge >= 0.3 is 5.97 Å². The van der Waals surface area contributed by atoms with Crippen molar-refractivity contribution in [2.45, 2.75) is 6.04 Å². The van der Waals surface area contributed by atoms with E-state index in [0.717, 1.165) is 0 Å². The fourth-order valence-corrected chi connectivity index (χ4v) is 1.48. The molecule has 0 saturated heterocycles. The van der Waals surface area contributed by atoms with Gasteiger partial charge in [-0.05, 0) is 12.1 Å². The Balaban J connectivity index is 3.36. The van der Waals surface area contributed by atoms with Crippen molar-refractivity contribution in [3.63, 3.8) is 0 Å². The van der Waals surface area contributed by atoms with Crippen molar-refractivity contribution in [2.24, 2.45) is 5.73 Å². The lowest BCUT2D eigenvalue weighted by Crippen LogP contribution is -2.13. The maximum atomic E-state index is 10.8. The van der Waals surface area contributed by atoms with Crippen LogP contribution in [0.1, 0.15) is 22.0 Å². The number of hydrogen-bond acceptors (Lipinski definition) is 2.